The van der Waals surface area contributed by atoms with E-state index in [4.69, 9.17) is 14.5 Å². The van der Waals surface area contributed by atoms with Crippen molar-refractivity contribution in [3.05, 3.63) is 65.2 Å². The first kappa shape index (κ1) is 24.1. The summed E-state index contributed by atoms with van der Waals surface area (Å²) in [6.45, 7) is 9.72. The molecule has 1 fully saturated rings. The lowest BCUT2D eigenvalue weighted by atomic mass is 10.1. The van der Waals surface area contributed by atoms with Crippen molar-refractivity contribution in [1.29, 1.82) is 0 Å². The van der Waals surface area contributed by atoms with Gasteiger partial charge in [0.1, 0.15) is 12.4 Å². The predicted octanol–water partition coefficient (Wildman–Crippen LogP) is 3.74. The lowest BCUT2D eigenvalue weighted by molar-refractivity contribution is 0.0392. The molecule has 2 aromatic carbocycles. The summed E-state index contributed by atoms with van der Waals surface area (Å²) in [5, 5.41) is 6.76. The molecule has 0 saturated carbocycles. The Bertz CT molecular complexity index is 849. The van der Waals surface area contributed by atoms with Gasteiger partial charge in [-0.05, 0) is 62.6 Å². The zero-order chi connectivity index (χ0) is 22.6. The quantitative estimate of drug-likeness (QED) is 0.437. The summed E-state index contributed by atoms with van der Waals surface area (Å²) in [5.41, 5.74) is 3.69. The number of ether oxygens (including phenoxy) is 2. The van der Waals surface area contributed by atoms with Gasteiger partial charge in [0.25, 0.3) is 0 Å². The molecule has 174 valence electrons. The SMILES string of the molecule is CCNC(=NCc1cccc(OCCN(C)C2CCOCC2)c1)NCc1ccccc1C. The van der Waals surface area contributed by atoms with Crippen molar-refractivity contribution in [3.63, 3.8) is 0 Å². The van der Waals surface area contributed by atoms with Crippen LogP contribution in [0, 0.1) is 6.92 Å². The van der Waals surface area contributed by atoms with Gasteiger partial charge in [-0.25, -0.2) is 4.99 Å². The lowest BCUT2D eigenvalue weighted by Crippen LogP contribution is -2.38. The fourth-order valence-electron chi connectivity index (χ4n) is 3.85. The molecule has 0 aliphatic carbocycles. The molecule has 3 rings (SSSR count). The minimum absolute atomic E-state index is 0.599. The fourth-order valence-corrected chi connectivity index (χ4v) is 3.85. The van der Waals surface area contributed by atoms with Gasteiger partial charge in [0.15, 0.2) is 5.96 Å². The molecule has 0 unspecified atom stereocenters. The zero-order valence-corrected chi connectivity index (χ0v) is 19.8. The highest BCUT2D eigenvalue weighted by Gasteiger charge is 2.17. The number of benzene rings is 2. The van der Waals surface area contributed by atoms with Gasteiger partial charge in [-0.15, -0.1) is 0 Å². The summed E-state index contributed by atoms with van der Waals surface area (Å²) in [6, 6.07) is 17.2. The third-order valence-electron chi connectivity index (χ3n) is 5.90. The molecule has 1 aliphatic rings. The summed E-state index contributed by atoms with van der Waals surface area (Å²) in [5.74, 6) is 1.72. The number of guanidine groups is 1. The van der Waals surface area contributed by atoms with E-state index in [-0.39, 0.29) is 0 Å². The van der Waals surface area contributed by atoms with E-state index in [0.717, 1.165) is 63.0 Å². The van der Waals surface area contributed by atoms with Crippen molar-refractivity contribution in [2.75, 3.05) is 40.0 Å². The van der Waals surface area contributed by atoms with Crippen LogP contribution in [0.15, 0.2) is 53.5 Å². The van der Waals surface area contributed by atoms with Crippen LogP contribution in [-0.4, -0.2) is 56.9 Å². The van der Waals surface area contributed by atoms with Gasteiger partial charge in [0, 0.05) is 38.9 Å². The molecule has 6 nitrogen and oxygen atoms in total. The Morgan fingerprint density at radius 3 is 2.72 bits per heavy atom. The van der Waals surface area contributed by atoms with Gasteiger partial charge in [0.2, 0.25) is 0 Å². The van der Waals surface area contributed by atoms with Gasteiger partial charge in [0.05, 0.1) is 6.54 Å². The van der Waals surface area contributed by atoms with Crippen LogP contribution in [0.5, 0.6) is 5.75 Å². The molecule has 1 heterocycles. The van der Waals surface area contributed by atoms with Crippen molar-refractivity contribution in [3.8, 4) is 5.75 Å². The highest BCUT2D eigenvalue weighted by molar-refractivity contribution is 5.79. The fraction of sp³-hybridized carbons (Fsp3) is 0.500. The molecule has 6 heteroatoms. The number of aryl methyl sites for hydroxylation is 1. The number of hydrogen-bond donors (Lipinski definition) is 2. The van der Waals surface area contributed by atoms with Gasteiger partial charge >= 0.3 is 0 Å². The standard InChI is InChI=1S/C26H38N4O2/c1-4-27-26(29-20-23-10-6-5-8-21(23)2)28-19-22-9-7-11-25(18-22)32-17-14-30(3)24-12-15-31-16-13-24/h5-11,18,24H,4,12-17,19-20H2,1-3H3,(H2,27,28,29). The number of aliphatic imine (C=N–C) groups is 1. The number of hydrogen-bond acceptors (Lipinski definition) is 4. The molecule has 2 N–H and O–H groups in total. The number of rotatable bonds is 10. The Morgan fingerprint density at radius 2 is 1.94 bits per heavy atom. The van der Waals surface area contributed by atoms with E-state index in [2.05, 4.69) is 72.8 Å². The van der Waals surface area contributed by atoms with E-state index in [0.29, 0.717) is 19.2 Å². The second kappa shape index (κ2) is 13.1. The maximum absolute atomic E-state index is 6.03. The van der Waals surface area contributed by atoms with Crippen LogP contribution in [0.3, 0.4) is 0 Å². The normalized spacial score (nSPS) is 15.1. The molecule has 0 aromatic heterocycles. The van der Waals surface area contributed by atoms with E-state index in [9.17, 15) is 0 Å². The Labute approximate surface area is 193 Å². The van der Waals surface area contributed by atoms with Crippen LogP contribution in [0.25, 0.3) is 0 Å². The van der Waals surface area contributed by atoms with Gasteiger partial charge in [-0.1, -0.05) is 36.4 Å². The van der Waals surface area contributed by atoms with Crippen molar-refractivity contribution in [1.82, 2.24) is 15.5 Å². The Morgan fingerprint density at radius 1 is 1.12 bits per heavy atom. The van der Waals surface area contributed by atoms with Crippen molar-refractivity contribution in [2.24, 2.45) is 4.99 Å². The molecule has 2 aromatic rings. The first-order chi connectivity index (χ1) is 15.7. The smallest absolute Gasteiger partial charge is 0.191 e. The summed E-state index contributed by atoms with van der Waals surface area (Å²) < 4.78 is 11.5. The average molecular weight is 439 g/mol. The van der Waals surface area contributed by atoms with Crippen LogP contribution in [-0.2, 0) is 17.8 Å². The summed E-state index contributed by atoms with van der Waals surface area (Å²) in [4.78, 5) is 7.15. The predicted molar refractivity (Wildman–Crippen MR) is 131 cm³/mol. The lowest BCUT2D eigenvalue weighted by Gasteiger charge is -2.31. The molecule has 0 spiro atoms. The second-order valence-corrected chi connectivity index (χ2v) is 8.30. The molecule has 0 atom stereocenters. The van der Waals surface area contributed by atoms with E-state index in [1.807, 2.05) is 12.1 Å². The van der Waals surface area contributed by atoms with Crippen molar-refractivity contribution in [2.45, 2.75) is 45.8 Å². The Hall–Kier alpha value is -2.57. The van der Waals surface area contributed by atoms with Crippen LogP contribution in [0.1, 0.15) is 36.5 Å². The van der Waals surface area contributed by atoms with E-state index < -0.39 is 0 Å². The minimum atomic E-state index is 0.599. The molecular weight excluding hydrogens is 400 g/mol. The molecule has 0 radical (unpaired) electrons. The minimum Gasteiger partial charge on any atom is -0.492 e. The van der Waals surface area contributed by atoms with Crippen LogP contribution >= 0.6 is 0 Å². The van der Waals surface area contributed by atoms with Crippen LogP contribution < -0.4 is 15.4 Å². The van der Waals surface area contributed by atoms with Gasteiger partial charge < -0.3 is 20.1 Å². The number of likely N-dealkylation sites (N-methyl/N-ethyl adjacent to an activating group) is 1. The topological polar surface area (TPSA) is 58.1 Å². The first-order valence-electron chi connectivity index (χ1n) is 11.7. The molecule has 1 aliphatic heterocycles. The molecule has 0 amide bonds. The number of nitrogens with zero attached hydrogens (tertiary/aromatic N) is 2. The van der Waals surface area contributed by atoms with Crippen LogP contribution in [0.4, 0.5) is 0 Å². The van der Waals surface area contributed by atoms with Gasteiger partial charge in [-0.2, -0.15) is 0 Å². The Balaban J connectivity index is 1.49. The second-order valence-electron chi connectivity index (χ2n) is 8.30. The largest absolute Gasteiger partial charge is 0.492 e. The summed E-state index contributed by atoms with van der Waals surface area (Å²) >= 11 is 0. The number of nitrogens with one attached hydrogen (secondary N) is 2. The molecular formula is C26H38N4O2. The Kier molecular flexibility index (Phi) is 9.85. The van der Waals surface area contributed by atoms with Crippen LogP contribution in [0.2, 0.25) is 0 Å². The maximum atomic E-state index is 6.03. The molecule has 0 bridgehead atoms. The maximum Gasteiger partial charge on any atom is 0.191 e. The zero-order valence-electron chi connectivity index (χ0n) is 19.8. The third-order valence-corrected chi connectivity index (χ3v) is 5.90. The monoisotopic (exact) mass is 438 g/mol. The highest BCUT2D eigenvalue weighted by Crippen LogP contribution is 2.16. The summed E-state index contributed by atoms with van der Waals surface area (Å²) in [6.07, 6.45) is 2.21. The van der Waals surface area contributed by atoms with E-state index in [1.54, 1.807) is 0 Å². The van der Waals surface area contributed by atoms with Gasteiger partial charge in [-0.3, -0.25) is 4.90 Å². The van der Waals surface area contributed by atoms with E-state index >= 15 is 0 Å². The third kappa shape index (κ3) is 7.84. The average Bonchev–Trinajstić information content (AvgIpc) is 2.82. The van der Waals surface area contributed by atoms with Crippen molar-refractivity contribution < 1.29 is 9.47 Å². The highest BCUT2D eigenvalue weighted by atomic mass is 16.5. The van der Waals surface area contributed by atoms with Crippen molar-refractivity contribution >= 4 is 5.96 Å². The summed E-state index contributed by atoms with van der Waals surface area (Å²) in [7, 11) is 2.18. The molecule has 1 saturated heterocycles. The van der Waals surface area contributed by atoms with E-state index in [1.165, 1.54) is 11.1 Å². The first-order valence-corrected chi connectivity index (χ1v) is 11.7. The molecule has 32 heavy (non-hydrogen) atoms.